The Hall–Kier alpha value is -0.521. The number of carboxylic acid groups (broad SMARTS) is 2. The zero-order chi connectivity index (χ0) is 18.1. The molecule has 4 nitrogen and oxygen atoms in total. The van der Waals surface area contributed by atoms with Gasteiger partial charge in [-0.1, -0.05) is 0 Å². The molecule has 0 heterocycles. The molecule has 0 unspecified atom stereocenters. The Labute approximate surface area is 152 Å². The molecule has 0 radical (unpaired) electrons. The first-order valence-corrected chi connectivity index (χ1v) is 12.7. The van der Waals surface area contributed by atoms with Crippen LogP contribution in [0.2, 0.25) is 8.87 Å². The average molecular weight is 431 g/mol. The summed E-state index contributed by atoms with van der Waals surface area (Å²) in [7, 11) is 0. The van der Waals surface area contributed by atoms with Crippen LogP contribution in [-0.2, 0) is 9.59 Å². The predicted molar refractivity (Wildman–Crippen MR) is 92.0 cm³/mol. The standard InChI is InChI=1S/C6H8O4.2C6H13.Sn/c1-3(5(7)8)4(2)6(9)10;2*1-3-5-6-4-2;/h1-2H3,(H,7,8)(H,9,10);2*1,3-6H2,2H3;/q;;;+2/p-2/b4-3-;;;. The first kappa shape index (κ1) is 24.7. The van der Waals surface area contributed by atoms with Crippen LogP contribution >= 0.6 is 0 Å². The van der Waals surface area contributed by atoms with Crippen molar-refractivity contribution in [1.29, 1.82) is 0 Å². The SMILES string of the molecule is C/C(C(=O)[O-])=C(\C)C(=O)[O-].CCCCC[CH2][Sn+2][CH2]CCCCC. The van der Waals surface area contributed by atoms with Gasteiger partial charge in [0, 0.05) is 0 Å². The minimum absolute atomic E-state index is 0.104. The van der Waals surface area contributed by atoms with Crippen LogP contribution in [0.25, 0.3) is 0 Å². The average Bonchev–Trinajstić information content (AvgIpc) is 2.52. The summed E-state index contributed by atoms with van der Waals surface area (Å²) in [6.45, 7) is 6.90. The van der Waals surface area contributed by atoms with Crippen molar-refractivity contribution in [3.05, 3.63) is 11.1 Å². The number of carboxylic acids is 2. The van der Waals surface area contributed by atoms with Gasteiger partial charge in [-0.2, -0.15) is 0 Å². The van der Waals surface area contributed by atoms with E-state index in [0.717, 1.165) is 13.8 Å². The van der Waals surface area contributed by atoms with Crippen LogP contribution in [0, 0.1) is 0 Å². The zero-order valence-corrected chi connectivity index (χ0v) is 18.1. The van der Waals surface area contributed by atoms with E-state index in [4.69, 9.17) is 0 Å². The summed E-state index contributed by atoms with van der Waals surface area (Å²) in [5.74, 6) is -2.97. The molecule has 0 spiro atoms. The predicted octanol–water partition coefficient (Wildman–Crippen LogP) is 2.51. The van der Waals surface area contributed by atoms with Gasteiger partial charge in [-0.15, -0.1) is 0 Å². The van der Waals surface area contributed by atoms with Gasteiger partial charge in [0.15, 0.2) is 0 Å². The van der Waals surface area contributed by atoms with E-state index >= 15 is 0 Å². The normalized spacial score (nSPS) is 11.0. The summed E-state index contributed by atoms with van der Waals surface area (Å²) >= 11 is 0.104. The summed E-state index contributed by atoms with van der Waals surface area (Å²) < 4.78 is 3.30. The zero-order valence-electron chi connectivity index (χ0n) is 15.2. The molecule has 0 aromatic carbocycles. The molecule has 5 heteroatoms. The van der Waals surface area contributed by atoms with Gasteiger partial charge in [0.05, 0.1) is 11.9 Å². The van der Waals surface area contributed by atoms with Crippen LogP contribution < -0.4 is 10.2 Å². The monoisotopic (exact) mass is 432 g/mol. The van der Waals surface area contributed by atoms with E-state index in [-0.39, 0.29) is 32.3 Å². The molecule has 0 aliphatic rings. The maximum absolute atomic E-state index is 9.99. The molecule has 0 rings (SSSR count). The van der Waals surface area contributed by atoms with Gasteiger partial charge in [-0.25, -0.2) is 0 Å². The van der Waals surface area contributed by atoms with E-state index in [0.29, 0.717) is 0 Å². The Morgan fingerprint density at radius 3 is 1.30 bits per heavy atom. The second-order valence-electron chi connectivity index (χ2n) is 5.70. The number of carbonyl (C=O) groups is 2. The van der Waals surface area contributed by atoms with Crippen molar-refractivity contribution in [3.8, 4) is 0 Å². The third kappa shape index (κ3) is 17.7. The number of aliphatic carboxylic acids is 2. The van der Waals surface area contributed by atoms with E-state index in [1.165, 1.54) is 38.5 Å². The van der Waals surface area contributed by atoms with E-state index in [9.17, 15) is 19.8 Å². The minimum atomic E-state index is -1.48. The van der Waals surface area contributed by atoms with Gasteiger partial charge in [0.25, 0.3) is 0 Å². The van der Waals surface area contributed by atoms with Crippen molar-refractivity contribution >= 4 is 33.1 Å². The van der Waals surface area contributed by atoms with E-state index in [2.05, 4.69) is 13.8 Å². The van der Waals surface area contributed by atoms with Crippen LogP contribution in [0.15, 0.2) is 11.1 Å². The van der Waals surface area contributed by atoms with Crippen LogP contribution in [0.5, 0.6) is 0 Å². The van der Waals surface area contributed by atoms with Crippen molar-refractivity contribution in [1.82, 2.24) is 0 Å². The number of rotatable bonds is 12. The first-order chi connectivity index (χ1) is 10.9. The van der Waals surface area contributed by atoms with Crippen molar-refractivity contribution in [2.45, 2.75) is 87.9 Å². The van der Waals surface area contributed by atoms with Crippen molar-refractivity contribution in [3.63, 3.8) is 0 Å². The molecule has 0 aliphatic heterocycles. The molecule has 0 aliphatic carbocycles. The second kappa shape index (κ2) is 17.8. The van der Waals surface area contributed by atoms with Crippen LogP contribution in [0.1, 0.15) is 79.1 Å². The summed E-state index contributed by atoms with van der Waals surface area (Å²) in [5, 5.41) is 20.0. The number of unbranched alkanes of at least 4 members (excludes halogenated alkanes) is 6. The van der Waals surface area contributed by atoms with Gasteiger partial charge in [-0.05, 0) is 25.0 Å². The topological polar surface area (TPSA) is 80.3 Å². The van der Waals surface area contributed by atoms with E-state index < -0.39 is 11.9 Å². The van der Waals surface area contributed by atoms with E-state index in [1.807, 2.05) is 0 Å². The van der Waals surface area contributed by atoms with Gasteiger partial charge in [0.2, 0.25) is 0 Å². The number of carbonyl (C=O) groups excluding carboxylic acids is 2. The Morgan fingerprint density at radius 2 is 1.04 bits per heavy atom. The fourth-order valence-electron chi connectivity index (χ4n) is 1.78. The van der Waals surface area contributed by atoms with Crippen molar-refractivity contribution in [2.75, 3.05) is 0 Å². The molecular weight excluding hydrogens is 399 g/mol. The van der Waals surface area contributed by atoms with Gasteiger partial charge < -0.3 is 19.8 Å². The Balaban J connectivity index is 0. The molecule has 0 saturated heterocycles. The molecule has 132 valence electrons. The summed E-state index contributed by atoms with van der Waals surface area (Å²) in [5.41, 5.74) is -0.611. The molecule has 0 saturated carbocycles. The summed E-state index contributed by atoms with van der Waals surface area (Å²) in [6, 6.07) is 0. The van der Waals surface area contributed by atoms with Gasteiger partial charge >= 0.3 is 95.2 Å². The van der Waals surface area contributed by atoms with Gasteiger partial charge in [-0.3, -0.25) is 0 Å². The quantitative estimate of drug-likeness (QED) is 0.270. The number of hydrogen-bond acceptors (Lipinski definition) is 4. The molecule has 0 N–H and O–H groups in total. The van der Waals surface area contributed by atoms with Crippen LogP contribution in [0.3, 0.4) is 0 Å². The van der Waals surface area contributed by atoms with Crippen molar-refractivity contribution < 1.29 is 19.8 Å². The fraction of sp³-hybridized carbons (Fsp3) is 0.778. The third-order valence-corrected chi connectivity index (χ3v) is 7.63. The molecular formula is C18H32O4Sn. The Kier molecular flexibility index (Phi) is 19.2. The van der Waals surface area contributed by atoms with Crippen molar-refractivity contribution in [2.24, 2.45) is 0 Å². The van der Waals surface area contributed by atoms with E-state index in [1.54, 1.807) is 21.7 Å². The van der Waals surface area contributed by atoms with Crippen LogP contribution in [-0.4, -0.2) is 33.1 Å². The first-order valence-electron chi connectivity index (χ1n) is 8.69. The molecule has 0 amide bonds. The third-order valence-electron chi connectivity index (χ3n) is 3.59. The summed E-state index contributed by atoms with van der Waals surface area (Å²) in [4.78, 5) is 20.0. The maximum atomic E-state index is 9.99. The molecule has 0 fully saturated rings. The van der Waals surface area contributed by atoms with Crippen LogP contribution in [0.4, 0.5) is 0 Å². The van der Waals surface area contributed by atoms with Gasteiger partial charge in [0.1, 0.15) is 0 Å². The number of hydrogen-bond donors (Lipinski definition) is 0. The molecule has 0 bridgehead atoms. The molecule has 0 aromatic heterocycles. The Morgan fingerprint density at radius 1 is 0.696 bits per heavy atom. The second-order valence-corrected chi connectivity index (χ2v) is 9.98. The Bertz CT molecular complexity index is 319. The summed E-state index contributed by atoms with van der Waals surface area (Å²) in [6.07, 6.45) is 11.8. The fourth-order valence-corrected chi connectivity index (χ4v) is 5.35. The molecule has 0 atom stereocenters. The molecule has 0 aromatic rings. The molecule has 23 heavy (non-hydrogen) atoms.